The molecule has 0 heterocycles. The van der Waals surface area contributed by atoms with E-state index in [4.69, 9.17) is 19.3 Å². The lowest BCUT2D eigenvalue weighted by Crippen LogP contribution is -2.28. The van der Waals surface area contributed by atoms with Gasteiger partial charge in [0.15, 0.2) is 0 Å². The van der Waals surface area contributed by atoms with E-state index in [0.717, 1.165) is 4.47 Å². The number of carboxylic acids is 1. The van der Waals surface area contributed by atoms with Crippen LogP contribution in [0.5, 0.6) is 0 Å². The Morgan fingerprint density at radius 1 is 0.857 bits per heavy atom. The minimum atomic E-state index is -0.896. The van der Waals surface area contributed by atoms with Gasteiger partial charge in [-0.25, -0.2) is 0 Å². The highest BCUT2D eigenvalue weighted by molar-refractivity contribution is 9.10. The van der Waals surface area contributed by atoms with Crippen molar-refractivity contribution in [2.24, 2.45) is 0 Å². The molecule has 0 saturated carbocycles. The van der Waals surface area contributed by atoms with Crippen molar-refractivity contribution in [2.45, 2.75) is 6.42 Å². The van der Waals surface area contributed by atoms with Crippen molar-refractivity contribution in [3.8, 4) is 0 Å². The SMILES string of the molecule is C=CC(=O)N(c1ccc(Br)cc1)c1ccc(C(=O)NCCOCCOCCOCCC(=O)O)cc1. The average Bonchev–Trinajstić information content (AvgIpc) is 2.86. The van der Waals surface area contributed by atoms with Gasteiger partial charge in [0.1, 0.15) is 0 Å². The molecule has 0 aromatic heterocycles. The second-order valence-electron chi connectivity index (χ2n) is 7.14. The van der Waals surface area contributed by atoms with Crippen LogP contribution in [0.1, 0.15) is 16.8 Å². The van der Waals surface area contributed by atoms with Gasteiger partial charge in [0.2, 0.25) is 0 Å². The van der Waals surface area contributed by atoms with E-state index in [9.17, 15) is 14.4 Å². The molecule has 35 heavy (non-hydrogen) atoms. The van der Waals surface area contributed by atoms with E-state index in [1.807, 2.05) is 24.3 Å². The first-order chi connectivity index (χ1) is 16.9. The Labute approximate surface area is 212 Å². The van der Waals surface area contributed by atoms with Gasteiger partial charge in [-0.3, -0.25) is 19.3 Å². The Kier molecular flexibility index (Phi) is 12.7. The summed E-state index contributed by atoms with van der Waals surface area (Å²) in [6.07, 6.45) is 1.21. The van der Waals surface area contributed by atoms with E-state index in [2.05, 4.69) is 27.8 Å². The van der Waals surface area contributed by atoms with Crippen LogP contribution in [-0.2, 0) is 23.8 Å². The molecule has 0 aliphatic carbocycles. The number of aliphatic carboxylic acids is 1. The van der Waals surface area contributed by atoms with Crippen LogP contribution in [0.15, 0.2) is 65.7 Å². The molecule has 2 N–H and O–H groups in total. The molecule has 0 radical (unpaired) electrons. The number of anilines is 2. The Hall–Kier alpha value is -3.05. The molecule has 0 saturated heterocycles. The fourth-order valence-electron chi connectivity index (χ4n) is 2.89. The van der Waals surface area contributed by atoms with Crippen molar-refractivity contribution in [3.05, 3.63) is 71.2 Å². The van der Waals surface area contributed by atoms with Gasteiger partial charge in [-0.2, -0.15) is 0 Å². The molecule has 0 atom stereocenters. The summed E-state index contributed by atoms with van der Waals surface area (Å²) in [5.41, 5.74) is 1.76. The molecule has 0 bridgehead atoms. The number of nitrogens with one attached hydrogen (secondary N) is 1. The summed E-state index contributed by atoms with van der Waals surface area (Å²) in [5, 5.41) is 11.3. The van der Waals surface area contributed by atoms with Crippen LogP contribution in [0, 0.1) is 0 Å². The summed E-state index contributed by atoms with van der Waals surface area (Å²) in [6.45, 7) is 5.81. The Bertz CT molecular complexity index is 965. The Morgan fingerprint density at radius 3 is 1.91 bits per heavy atom. The predicted molar refractivity (Wildman–Crippen MR) is 135 cm³/mol. The molecule has 2 aromatic rings. The van der Waals surface area contributed by atoms with Crippen LogP contribution < -0.4 is 10.2 Å². The monoisotopic (exact) mass is 548 g/mol. The number of carboxylic acid groups (broad SMARTS) is 1. The molecule has 2 rings (SSSR count). The van der Waals surface area contributed by atoms with Crippen molar-refractivity contribution < 1.29 is 33.7 Å². The summed E-state index contributed by atoms with van der Waals surface area (Å²) in [6, 6.07) is 14.0. The van der Waals surface area contributed by atoms with Gasteiger partial charge < -0.3 is 24.6 Å². The average molecular weight is 549 g/mol. The molecule has 2 aromatic carbocycles. The van der Waals surface area contributed by atoms with E-state index in [-0.39, 0.29) is 24.8 Å². The van der Waals surface area contributed by atoms with Gasteiger partial charge in [-0.15, -0.1) is 0 Å². The maximum atomic E-state index is 12.4. The van der Waals surface area contributed by atoms with Crippen LogP contribution in [0.25, 0.3) is 0 Å². The normalized spacial score (nSPS) is 10.5. The Balaban J connectivity index is 1.70. The number of ether oxygens (including phenoxy) is 3. The van der Waals surface area contributed by atoms with Gasteiger partial charge in [0.25, 0.3) is 11.8 Å². The molecule has 2 amide bonds. The zero-order valence-corrected chi connectivity index (χ0v) is 20.9. The van der Waals surface area contributed by atoms with Crippen molar-refractivity contribution >= 4 is 45.1 Å². The van der Waals surface area contributed by atoms with Gasteiger partial charge in [-0.1, -0.05) is 22.5 Å². The third-order valence-electron chi connectivity index (χ3n) is 4.60. The number of carbonyl (C=O) groups is 3. The van der Waals surface area contributed by atoms with Crippen LogP contribution >= 0.6 is 15.9 Å². The standard InChI is InChI=1S/C25H29BrN2O7/c1-2-23(29)28(22-9-5-20(26)6-10-22)21-7-3-19(4-8-21)25(32)27-12-14-34-16-18-35-17-15-33-13-11-24(30)31/h2-10H,1,11-18H2,(H,27,32)(H,30,31). The summed E-state index contributed by atoms with van der Waals surface area (Å²) in [4.78, 5) is 36.7. The molecule has 0 spiro atoms. The number of benzene rings is 2. The number of rotatable bonds is 16. The lowest BCUT2D eigenvalue weighted by Gasteiger charge is -2.22. The van der Waals surface area contributed by atoms with Crippen LogP contribution in [0.2, 0.25) is 0 Å². The highest BCUT2D eigenvalue weighted by Crippen LogP contribution is 2.27. The van der Waals surface area contributed by atoms with E-state index >= 15 is 0 Å². The Morgan fingerprint density at radius 2 is 1.37 bits per heavy atom. The first kappa shape index (κ1) is 28.2. The van der Waals surface area contributed by atoms with Gasteiger partial charge in [-0.05, 0) is 54.6 Å². The fourth-order valence-corrected chi connectivity index (χ4v) is 3.15. The highest BCUT2D eigenvalue weighted by Gasteiger charge is 2.16. The first-order valence-electron chi connectivity index (χ1n) is 11.0. The third kappa shape index (κ3) is 10.4. The molecule has 0 fully saturated rings. The molecule has 9 nitrogen and oxygen atoms in total. The quantitative estimate of drug-likeness (QED) is 0.243. The van der Waals surface area contributed by atoms with Crippen LogP contribution in [0.3, 0.4) is 0 Å². The van der Waals surface area contributed by atoms with Gasteiger partial charge in [0, 0.05) is 28.0 Å². The third-order valence-corrected chi connectivity index (χ3v) is 5.13. The first-order valence-corrected chi connectivity index (χ1v) is 11.8. The summed E-state index contributed by atoms with van der Waals surface area (Å²) in [5.74, 6) is -1.43. The van der Waals surface area contributed by atoms with Crippen LogP contribution in [0.4, 0.5) is 11.4 Å². The molecule has 10 heteroatoms. The molecule has 0 aliphatic heterocycles. The summed E-state index contributed by atoms with van der Waals surface area (Å²) in [7, 11) is 0. The second kappa shape index (κ2) is 15.8. The molecule has 0 unspecified atom stereocenters. The fraction of sp³-hybridized carbons (Fsp3) is 0.320. The smallest absolute Gasteiger partial charge is 0.305 e. The number of halogens is 1. The zero-order valence-electron chi connectivity index (χ0n) is 19.3. The summed E-state index contributed by atoms with van der Waals surface area (Å²) >= 11 is 3.38. The number of amides is 2. The van der Waals surface area contributed by atoms with Crippen molar-refractivity contribution in [1.29, 1.82) is 0 Å². The lowest BCUT2D eigenvalue weighted by molar-refractivity contribution is -0.138. The van der Waals surface area contributed by atoms with Crippen molar-refractivity contribution in [2.75, 3.05) is 51.1 Å². The number of hydrogen-bond donors (Lipinski definition) is 2. The minimum absolute atomic E-state index is 0.0294. The maximum absolute atomic E-state index is 12.4. The van der Waals surface area contributed by atoms with E-state index in [0.29, 0.717) is 56.5 Å². The molecule has 188 valence electrons. The summed E-state index contributed by atoms with van der Waals surface area (Å²) < 4.78 is 16.7. The molecule has 0 aliphatic rings. The number of carbonyl (C=O) groups excluding carboxylic acids is 2. The van der Waals surface area contributed by atoms with E-state index in [1.165, 1.54) is 11.0 Å². The van der Waals surface area contributed by atoms with Crippen LogP contribution in [-0.4, -0.2) is 69.1 Å². The molecular formula is C25H29BrN2O7. The van der Waals surface area contributed by atoms with Gasteiger partial charge in [0.05, 0.1) is 46.1 Å². The lowest BCUT2D eigenvalue weighted by atomic mass is 10.1. The maximum Gasteiger partial charge on any atom is 0.305 e. The number of nitrogens with zero attached hydrogens (tertiary/aromatic N) is 1. The molecular weight excluding hydrogens is 520 g/mol. The zero-order chi connectivity index (χ0) is 25.5. The van der Waals surface area contributed by atoms with E-state index in [1.54, 1.807) is 24.3 Å². The highest BCUT2D eigenvalue weighted by atomic mass is 79.9. The largest absolute Gasteiger partial charge is 0.481 e. The predicted octanol–water partition coefficient (Wildman–Crippen LogP) is 3.55. The van der Waals surface area contributed by atoms with Gasteiger partial charge >= 0.3 is 5.97 Å². The van der Waals surface area contributed by atoms with E-state index < -0.39 is 5.97 Å². The number of hydrogen-bond acceptors (Lipinski definition) is 6. The second-order valence-corrected chi connectivity index (χ2v) is 8.05. The minimum Gasteiger partial charge on any atom is -0.481 e. The van der Waals surface area contributed by atoms with Crippen molar-refractivity contribution in [1.82, 2.24) is 5.32 Å². The van der Waals surface area contributed by atoms with Crippen molar-refractivity contribution in [3.63, 3.8) is 0 Å². The topological polar surface area (TPSA) is 114 Å².